The molecule has 0 saturated carbocycles. The Morgan fingerprint density at radius 2 is 1.90 bits per heavy atom. The largest absolute Gasteiger partial charge is 0.483 e. The SMILES string of the molecule is C=C/C=C\C(=C)c1nc(=C/C)/c(=C\C(C)C(F)F)[nH]1.CC.CCCCN1CCN(C2=NC=CCC2)CC1.O=CO. The zero-order valence-corrected chi connectivity index (χ0v) is 25.0. The number of aromatic nitrogens is 2. The van der Waals surface area contributed by atoms with Crippen molar-refractivity contribution in [3.05, 3.63) is 60.2 Å². The molecule has 224 valence electrons. The van der Waals surface area contributed by atoms with Gasteiger partial charge in [0, 0.05) is 50.3 Å². The second-order valence-corrected chi connectivity index (χ2v) is 8.91. The Hall–Kier alpha value is -3.33. The Morgan fingerprint density at radius 1 is 1.25 bits per heavy atom. The molecule has 1 aromatic heterocycles. The fourth-order valence-electron chi connectivity index (χ4n) is 3.84. The van der Waals surface area contributed by atoms with Gasteiger partial charge in [-0.1, -0.05) is 83.7 Å². The van der Waals surface area contributed by atoms with Crippen LogP contribution in [0.1, 0.15) is 66.1 Å². The first-order valence-electron chi connectivity index (χ1n) is 14.1. The van der Waals surface area contributed by atoms with Crippen LogP contribution in [-0.4, -0.2) is 76.3 Å². The van der Waals surface area contributed by atoms with Crippen LogP contribution >= 0.6 is 0 Å². The van der Waals surface area contributed by atoms with Crippen molar-refractivity contribution in [1.82, 2.24) is 19.8 Å². The number of imidazole rings is 1. The van der Waals surface area contributed by atoms with Gasteiger partial charge in [-0.3, -0.25) is 9.69 Å². The minimum absolute atomic E-state index is 0.250. The summed E-state index contributed by atoms with van der Waals surface area (Å²) in [5, 5.41) is 8.13. The molecule has 0 aromatic carbocycles. The van der Waals surface area contributed by atoms with E-state index in [-0.39, 0.29) is 6.47 Å². The predicted octanol–water partition coefficient (Wildman–Crippen LogP) is 5.48. The highest BCUT2D eigenvalue weighted by Crippen LogP contribution is 2.11. The van der Waals surface area contributed by atoms with E-state index in [0.717, 1.165) is 25.9 Å². The lowest BCUT2D eigenvalue weighted by Gasteiger charge is -2.36. The average molecular weight is 562 g/mol. The number of nitrogens with one attached hydrogen (secondary N) is 1. The Bertz CT molecular complexity index is 1070. The minimum Gasteiger partial charge on any atom is -0.483 e. The van der Waals surface area contributed by atoms with Crippen LogP contribution in [0.5, 0.6) is 0 Å². The summed E-state index contributed by atoms with van der Waals surface area (Å²) in [5.74, 6) is 1.04. The summed E-state index contributed by atoms with van der Waals surface area (Å²) in [7, 11) is 0. The van der Waals surface area contributed by atoms with Gasteiger partial charge in [0.05, 0.1) is 10.7 Å². The van der Waals surface area contributed by atoms with Gasteiger partial charge in [0.2, 0.25) is 6.43 Å². The summed E-state index contributed by atoms with van der Waals surface area (Å²) < 4.78 is 25.1. The number of aromatic amines is 1. The van der Waals surface area contributed by atoms with E-state index in [2.05, 4.69) is 50.9 Å². The van der Waals surface area contributed by atoms with Gasteiger partial charge in [0.15, 0.2) is 0 Å². The van der Waals surface area contributed by atoms with Gasteiger partial charge < -0.3 is 15.0 Å². The fourth-order valence-corrected chi connectivity index (χ4v) is 3.84. The smallest absolute Gasteiger partial charge is 0.290 e. The summed E-state index contributed by atoms with van der Waals surface area (Å²) in [5.41, 5.74) is 0.673. The molecule has 3 rings (SSSR count). The average Bonchev–Trinajstić information content (AvgIpc) is 3.40. The monoisotopic (exact) mass is 561 g/mol. The standard InChI is InChI=1S/C15H18F2N2.C13H23N3.C2H6.CH2O2/c1-5-7-8-10(3)15-18-12(6-2)13(19-15)9-11(4)14(16)17;1-2-3-8-15-9-11-16(12-10-15)13-6-4-5-7-14-13;1-2;2-1-3/h5-9,11,14H,1,3H2,2,4H3,(H,18,19);5,7H,2-4,6,8-12H2,1H3;1-2H3;1H,(H,2,3)/b8-7-,12-6+,13-9+;;;. The third-order valence-electron chi connectivity index (χ3n) is 6.03. The number of rotatable bonds is 8. The lowest BCUT2D eigenvalue weighted by atomic mass is 10.2. The Balaban J connectivity index is 0.000000660. The van der Waals surface area contributed by atoms with E-state index >= 15 is 0 Å². The molecule has 0 bridgehead atoms. The van der Waals surface area contributed by atoms with Gasteiger partial charge in [-0.2, -0.15) is 0 Å². The van der Waals surface area contributed by atoms with Crippen molar-refractivity contribution < 1.29 is 18.7 Å². The maximum atomic E-state index is 12.6. The second kappa shape index (κ2) is 22.5. The van der Waals surface area contributed by atoms with Crippen LogP contribution in [0.25, 0.3) is 17.7 Å². The quantitative estimate of drug-likeness (QED) is 0.324. The van der Waals surface area contributed by atoms with Crippen LogP contribution in [0.2, 0.25) is 0 Å². The van der Waals surface area contributed by atoms with Gasteiger partial charge >= 0.3 is 0 Å². The Labute approximate surface area is 239 Å². The molecule has 1 saturated heterocycles. The molecule has 1 atom stereocenters. The number of carbonyl (C=O) groups is 1. The third-order valence-corrected chi connectivity index (χ3v) is 6.03. The maximum Gasteiger partial charge on any atom is 0.290 e. The number of amidine groups is 1. The molecule has 2 aliphatic heterocycles. The minimum atomic E-state index is -2.39. The summed E-state index contributed by atoms with van der Waals surface area (Å²) in [6.07, 6.45) is 15.0. The number of hydrogen-bond donors (Lipinski definition) is 2. The highest BCUT2D eigenvalue weighted by molar-refractivity contribution is 5.83. The maximum absolute atomic E-state index is 12.6. The number of H-pyrrole nitrogens is 1. The number of carboxylic acid groups (broad SMARTS) is 1. The number of halogens is 2. The molecule has 3 heterocycles. The highest BCUT2D eigenvalue weighted by Gasteiger charge is 2.19. The lowest BCUT2D eigenvalue weighted by molar-refractivity contribution is -0.122. The lowest BCUT2D eigenvalue weighted by Crippen LogP contribution is -2.48. The van der Waals surface area contributed by atoms with E-state index in [9.17, 15) is 8.78 Å². The van der Waals surface area contributed by atoms with Crippen molar-refractivity contribution in [2.45, 2.75) is 66.7 Å². The number of hydrogen-bond acceptors (Lipinski definition) is 5. The summed E-state index contributed by atoms with van der Waals surface area (Å²) in [6, 6.07) is 0. The van der Waals surface area contributed by atoms with Gasteiger partial charge in [-0.05, 0) is 26.3 Å². The predicted molar refractivity (Wildman–Crippen MR) is 165 cm³/mol. The van der Waals surface area contributed by atoms with E-state index in [0.29, 0.717) is 22.1 Å². The molecule has 1 unspecified atom stereocenters. The van der Waals surface area contributed by atoms with E-state index in [1.54, 1.807) is 24.3 Å². The zero-order chi connectivity index (χ0) is 30.3. The molecule has 0 amide bonds. The number of nitrogens with zero attached hydrogens (tertiary/aromatic N) is 4. The van der Waals surface area contributed by atoms with Gasteiger partial charge in [0.1, 0.15) is 11.7 Å². The Morgan fingerprint density at radius 3 is 2.40 bits per heavy atom. The van der Waals surface area contributed by atoms with Gasteiger partial charge in [0.25, 0.3) is 6.47 Å². The molecule has 2 N–H and O–H groups in total. The van der Waals surface area contributed by atoms with Crippen molar-refractivity contribution in [3.8, 4) is 0 Å². The molecular weight excluding hydrogens is 512 g/mol. The first kappa shape index (κ1) is 36.7. The fraction of sp³-hybridized carbons (Fsp3) is 0.516. The highest BCUT2D eigenvalue weighted by atomic mass is 19.3. The van der Waals surface area contributed by atoms with Crippen molar-refractivity contribution in [1.29, 1.82) is 0 Å². The van der Waals surface area contributed by atoms with Crippen LogP contribution in [0.3, 0.4) is 0 Å². The van der Waals surface area contributed by atoms with Crippen molar-refractivity contribution in [2.75, 3.05) is 32.7 Å². The molecule has 2 aliphatic rings. The molecular formula is C31H49F2N5O2. The van der Waals surface area contributed by atoms with E-state index in [4.69, 9.17) is 9.90 Å². The summed E-state index contributed by atoms with van der Waals surface area (Å²) in [6.45, 7) is 22.7. The molecule has 7 nitrogen and oxygen atoms in total. The van der Waals surface area contributed by atoms with E-state index in [1.165, 1.54) is 51.3 Å². The van der Waals surface area contributed by atoms with Gasteiger partial charge in [-0.15, -0.1) is 0 Å². The zero-order valence-electron chi connectivity index (χ0n) is 25.0. The van der Waals surface area contributed by atoms with Crippen LogP contribution in [0, 0.1) is 5.92 Å². The van der Waals surface area contributed by atoms with Crippen LogP contribution < -0.4 is 10.7 Å². The number of piperazine rings is 1. The topological polar surface area (TPSA) is 84.8 Å². The number of allylic oxidation sites excluding steroid dienone is 5. The number of aliphatic imine (C=N–C) groups is 1. The molecule has 9 heteroatoms. The van der Waals surface area contributed by atoms with Crippen LogP contribution in [0.15, 0.2) is 48.7 Å². The summed E-state index contributed by atoms with van der Waals surface area (Å²) in [4.78, 5) is 25.2. The normalized spacial score (nSPS) is 16.7. The van der Waals surface area contributed by atoms with E-state index in [1.807, 2.05) is 27.0 Å². The van der Waals surface area contributed by atoms with Crippen molar-refractivity contribution in [2.24, 2.45) is 10.9 Å². The molecule has 0 radical (unpaired) electrons. The summed E-state index contributed by atoms with van der Waals surface area (Å²) >= 11 is 0. The van der Waals surface area contributed by atoms with Crippen molar-refractivity contribution >= 4 is 30.0 Å². The number of unbranched alkanes of at least 4 members (excludes halogenated alkanes) is 1. The molecule has 1 fully saturated rings. The number of alkyl halides is 2. The van der Waals surface area contributed by atoms with Crippen molar-refractivity contribution in [3.63, 3.8) is 0 Å². The first-order valence-corrected chi connectivity index (χ1v) is 14.1. The molecule has 1 aromatic rings. The second-order valence-electron chi connectivity index (χ2n) is 8.91. The van der Waals surface area contributed by atoms with Crippen LogP contribution in [0.4, 0.5) is 8.78 Å². The van der Waals surface area contributed by atoms with Gasteiger partial charge in [-0.25, -0.2) is 18.8 Å². The Kier molecular flexibility index (Phi) is 20.6. The third kappa shape index (κ3) is 14.2. The molecule has 40 heavy (non-hydrogen) atoms. The molecule has 0 aliphatic carbocycles. The molecule has 0 spiro atoms. The first-order chi connectivity index (χ1) is 19.3. The van der Waals surface area contributed by atoms with Crippen LogP contribution in [-0.2, 0) is 4.79 Å². The van der Waals surface area contributed by atoms with E-state index < -0.39 is 12.3 Å².